The summed E-state index contributed by atoms with van der Waals surface area (Å²) in [5, 5.41) is 0.933. The van der Waals surface area contributed by atoms with E-state index in [0.717, 1.165) is 28.3 Å². The van der Waals surface area contributed by atoms with Crippen molar-refractivity contribution < 1.29 is 9.13 Å². The number of hydrogen-bond donors (Lipinski definition) is 0. The number of benzene rings is 2. The Hall–Kier alpha value is -1.85. The topological polar surface area (TPSA) is 27.1 Å². The van der Waals surface area contributed by atoms with Crippen molar-refractivity contribution in [1.82, 2.24) is 9.55 Å². The molecule has 1 heterocycles. The molecule has 0 radical (unpaired) electrons. The third-order valence-corrected chi connectivity index (χ3v) is 4.44. The lowest BCUT2D eigenvalue weighted by Crippen LogP contribution is -2.05. The van der Waals surface area contributed by atoms with Gasteiger partial charge in [0.25, 0.3) is 0 Å². The van der Waals surface area contributed by atoms with Crippen LogP contribution in [0.3, 0.4) is 0 Å². The van der Waals surface area contributed by atoms with E-state index in [4.69, 9.17) is 4.74 Å². The van der Waals surface area contributed by atoms with Crippen LogP contribution in [0.1, 0.15) is 5.56 Å². The average Bonchev–Trinajstić information content (AvgIpc) is 2.88. The van der Waals surface area contributed by atoms with Gasteiger partial charge in [-0.2, -0.15) is 0 Å². The minimum Gasteiger partial charge on any atom is -0.383 e. The average molecular weight is 316 g/mol. The number of thioether (sulfide) groups is 1. The Morgan fingerprint density at radius 1 is 1.18 bits per heavy atom. The van der Waals surface area contributed by atoms with E-state index < -0.39 is 0 Å². The van der Waals surface area contributed by atoms with Crippen LogP contribution in [0.4, 0.5) is 4.39 Å². The van der Waals surface area contributed by atoms with Crippen molar-refractivity contribution >= 4 is 22.8 Å². The summed E-state index contributed by atoms with van der Waals surface area (Å²) in [6.45, 7) is 1.39. The maximum Gasteiger partial charge on any atom is 0.169 e. The first-order valence-corrected chi connectivity index (χ1v) is 8.08. The highest BCUT2D eigenvalue weighted by Crippen LogP contribution is 2.26. The molecule has 0 saturated heterocycles. The number of rotatable bonds is 6. The molecule has 0 aliphatic rings. The van der Waals surface area contributed by atoms with E-state index in [1.54, 1.807) is 31.0 Å². The largest absolute Gasteiger partial charge is 0.383 e. The number of methoxy groups -OCH3 is 1. The molecule has 0 atom stereocenters. The molecule has 0 aliphatic heterocycles. The monoisotopic (exact) mass is 316 g/mol. The van der Waals surface area contributed by atoms with Gasteiger partial charge in [-0.15, -0.1) is 0 Å². The fraction of sp³-hybridized carbons (Fsp3) is 0.235. The van der Waals surface area contributed by atoms with Gasteiger partial charge in [0.1, 0.15) is 5.82 Å². The molecular weight excluding hydrogens is 299 g/mol. The summed E-state index contributed by atoms with van der Waals surface area (Å²) < 4.78 is 20.6. The van der Waals surface area contributed by atoms with Crippen molar-refractivity contribution in [3.8, 4) is 0 Å². The summed E-state index contributed by atoms with van der Waals surface area (Å²) in [4.78, 5) is 4.68. The number of ether oxygens (including phenoxy) is 1. The first-order chi connectivity index (χ1) is 10.8. The van der Waals surface area contributed by atoms with Crippen molar-refractivity contribution in [2.24, 2.45) is 0 Å². The van der Waals surface area contributed by atoms with Crippen LogP contribution >= 0.6 is 11.8 Å². The highest BCUT2D eigenvalue weighted by Gasteiger charge is 2.11. The van der Waals surface area contributed by atoms with Crippen LogP contribution in [0.25, 0.3) is 11.0 Å². The van der Waals surface area contributed by atoms with Crippen molar-refractivity contribution in [1.29, 1.82) is 0 Å². The van der Waals surface area contributed by atoms with Crippen LogP contribution in [-0.2, 0) is 17.0 Å². The summed E-state index contributed by atoms with van der Waals surface area (Å²) in [5.74, 6) is 0.486. The van der Waals surface area contributed by atoms with Crippen LogP contribution in [0.15, 0.2) is 53.7 Å². The van der Waals surface area contributed by atoms with Gasteiger partial charge < -0.3 is 9.30 Å². The molecule has 22 heavy (non-hydrogen) atoms. The zero-order valence-electron chi connectivity index (χ0n) is 12.3. The predicted octanol–water partition coefficient (Wildman–Crippen LogP) is 4.11. The molecular formula is C17H17FN2OS. The summed E-state index contributed by atoms with van der Waals surface area (Å²) >= 11 is 1.61. The summed E-state index contributed by atoms with van der Waals surface area (Å²) in [5.41, 5.74) is 3.02. The molecule has 0 N–H and O–H groups in total. The van der Waals surface area contributed by atoms with Crippen molar-refractivity contribution in [3.05, 3.63) is 59.9 Å². The fourth-order valence-electron chi connectivity index (χ4n) is 2.34. The van der Waals surface area contributed by atoms with Crippen LogP contribution < -0.4 is 0 Å². The SMILES string of the molecule is COCCn1c(SCc2cccc(F)c2)nc2ccccc21. The molecule has 0 saturated carbocycles. The number of para-hydroxylation sites is 2. The molecule has 0 fully saturated rings. The lowest BCUT2D eigenvalue weighted by Gasteiger charge is -2.08. The number of fused-ring (bicyclic) bond motifs is 1. The Kier molecular flexibility index (Phi) is 4.75. The second kappa shape index (κ2) is 6.94. The standard InChI is InChI=1S/C17H17FN2OS/c1-21-10-9-20-16-8-3-2-7-15(16)19-17(20)22-12-13-5-4-6-14(18)11-13/h2-8,11H,9-10,12H2,1H3. The Labute approximate surface area is 133 Å². The normalized spacial score (nSPS) is 11.2. The van der Waals surface area contributed by atoms with E-state index in [0.29, 0.717) is 12.4 Å². The van der Waals surface area contributed by atoms with E-state index in [9.17, 15) is 4.39 Å². The Bertz CT molecular complexity index is 772. The van der Waals surface area contributed by atoms with E-state index in [1.807, 2.05) is 24.3 Å². The van der Waals surface area contributed by atoms with Gasteiger partial charge in [0, 0.05) is 19.4 Å². The van der Waals surface area contributed by atoms with Gasteiger partial charge in [0.2, 0.25) is 0 Å². The number of nitrogens with zero attached hydrogens (tertiary/aromatic N) is 2. The lowest BCUT2D eigenvalue weighted by molar-refractivity contribution is 0.186. The zero-order valence-corrected chi connectivity index (χ0v) is 13.1. The number of halogens is 1. The van der Waals surface area contributed by atoms with Crippen molar-refractivity contribution in [3.63, 3.8) is 0 Å². The highest BCUT2D eigenvalue weighted by molar-refractivity contribution is 7.98. The summed E-state index contributed by atoms with van der Waals surface area (Å²) in [7, 11) is 1.69. The molecule has 0 aliphatic carbocycles. The van der Waals surface area contributed by atoms with E-state index >= 15 is 0 Å². The number of hydrogen-bond acceptors (Lipinski definition) is 3. The maximum absolute atomic E-state index is 13.3. The Morgan fingerprint density at radius 3 is 2.86 bits per heavy atom. The van der Waals surface area contributed by atoms with Gasteiger partial charge in [-0.1, -0.05) is 36.0 Å². The third kappa shape index (κ3) is 3.31. The first-order valence-electron chi connectivity index (χ1n) is 7.09. The van der Waals surface area contributed by atoms with Crippen molar-refractivity contribution in [2.45, 2.75) is 17.5 Å². The van der Waals surface area contributed by atoms with Gasteiger partial charge in [0.15, 0.2) is 5.16 Å². The molecule has 3 aromatic rings. The molecule has 0 unspecified atom stereocenters. The van der Waals surface area contributed by atoms with Crippen molar-refractivity contribution in [2.75, 3.05) is 13.7 Å². The number of imidazole rings is 1. The van der Waals surface area contributed by atoms with E-state index in [1.165, 1.54) is 6.07 Å². The van der Waals surface area contributed by atoms with Crippen LogP contribution in [0, 0.1) is 5.82 Å². The van der Waals surface area contributed by atoms with Crippen LogP contribution in [-0.4, -0.2) is 23.3 Å². The molecule has 5 heteroatoms. The molecule has 0 amide bonds. The van der Waals surface area contributed by atoms with Crippen LogP contribution in [0.5, 0.6) is 0 Å². The minimum absolute atomic E-state index is 0.203. The van der Waals surface area contributed by atoms with Gasteiger partial charge in [-0.05, 0) is 29.8 Å². The van der Waals surface area contributed by atoms with Gasteiger partial charge >= 0.3 is 0 Å². The smallest absolute Gasteiger partial charge is 0.169 e. The first kappa shape index (κ1) is 15.1. The van der Waals surface area contributed by atoms with Gasteiger partial charge in [0.05, 0.1) is 17.6 Å². The molecule has 0 spiro atoms. The van der Waals surface area contributed by atoms with E-state index in [2.05, 4.69) is 15.6 Å². The number of aromatic nitrogens is 2. The van der Waals surface area contributed by atoms with Gasteiger partial charge in [-0.3, -0.25) is 0 Å². The van der Waals surface area contributed by atoms with E-state index in [-0.39, 0.29) is 5.82 Å². The lowest BCUT2D eigenvalue weighted by atomic mass is 10.2. The maximum atomic E-state index is 13.3. The minimum atomic E-state index is -0.203. The third-order valence-electron chi connectivity index (χ3n) is 3.40. The molecule has 3 rings (SSSR count). The second-order valence-corrected chi connectivity index (χ2v) is 5.89. The molecule has 1 aromatic heterocycles. The molecule has 114 valence electrons. The molecule has 3 nitrogen and oxygen atoms in total. The zero-order chi connectivity index (χ0) is 15.4. The summed E-state index contributed by atoms with van der Waals surface area (Å²) in [6.07, 6.45) is 0. The predicted molar refractivity (Wildman–Crippen MR) is 87.6 cm³/mol. The molecule has 0 bridgehead atoms. The second-order valence-electron chi connectivity index (χ2n) is 4.95. The fourth-order valence-corrected chi connectivity index (χ4v) is 3.32. The quantitative estimate of drug-likeness (QED) is 0.640. The molecule has 2 aromatic carbocycles. The highest BCUT2D eigenvalue weighted by atomic mass is 32.2. The van der Waals surface area contributed by atoms with Gasteiger partial charge in [-0.25, -0.2) is 9.37 Å². The van der Waals surface area contributed by atoms with Crippen LogP contribution in [0.2, 0.25) is 0 Å². The Morgan fingerprint density at radius 2 is 2.05 bits per heavy atom. The Balaban J connectivity index is 1.85. The summed E-state index contributed by atoms with van der Waals surface area (Å²) in [6, 6.07) is 14.7.